The van der Waals surface area contributed by atoms with E-state index in [0.29, 0.717) is 22.3 Å². The van der Waals surface area contributed by atoms with Gasteiger partial charge in [0.1, 0.15) is 23.6 Å². The highest BCUT2D eigenvalue weighted by Crippen LogP contribution is 2.43. The molecule has 12 heteroatoms. The first-order chi connectivity index (χ1) is 18.1. The Labute approximate surface area is 216 Å². The number of fused-ring (bicyclic) bond motifs is 1. The fraction of sp³-hybridized carbons (Fsp3) is 0.308. The molecule has 38 heavy (non-hydrogen) atoms. The average Bonchev–Trinajstić information content (AvgIpc) is 3.29. The molecule has 4 N–H and O–H groups in total. The Morgan fingerprint density at radius 1 is 1.08 bits per heavy atom. The Kier molecular flexibility index (Phi) is 6.43. The van der Waals surface area contributed by atoms with Crippen molar-refractivity contribution in [3.8, 4) is 28.1 Å². The number of methoxy groups -OCH3 is 1. The summed E-state index contributed by atoms with van der Waals surface area (Å²) in [6.07, 6.45) is -1.50. The van der Waals surface area contributed by atoms with Crippen LogP contribution >= 0.6 is 0 Å². The third-order valence-corrected chi connectivity index (χ3v) is 6.93. The highest BCUT2D eigenvalue weighted by atomic mass is 19.4. The molecule has 0 atom stereocenters. The van der Waals surface area contributed by atoms with Crippen molar-refractivity contribution in [2.45, 2.75) is 25.1 Å². The molecule has 1 amide bonds. The number of carbonyl (C=O) groups is 1. The number of nitrogen functional groups attached to an aromatic ring is 1. The summed E-state index contributed by atoms with van der Waals surface area (Å²) in [4.78, 5) is 22.6. The number of primary amides is 1. The first-order valence-corrected chi connectivity index (χ1v) is 12.0. The Bertz CT molecular complexity index is 1530. The lowest BCUT2D eigenvalue weighted by atomic mass is 9.94. The second-order valence-corrected chi connectivity index (χ2v) is 9.32. The van der Waals surface area contributed by atoms with Crippen LogP contribution in [0, 0.1) is 0 Å². The van der Waals surface area contributed by atoms with Crippen molar-refractivity contribution in [2.24, 2.45) is 5.73 Å². The minimum Gasteiger partial charge on any atom is -0.496 e. The fourth-order valence-corrected chi connectivity index (χ4v) is 4.92. The molecule has 0 bridgehead atoms. The zero-order valence-electron chi connectivity index (χ0n) is 20.8. The number of halogens is 3. The molecule has 1 fully saturated rings. The van der Waals surface area contributed by atoms with E-state index in [4.69, 9.17) is 21.3 Å². The van der Waals surface area contributed by atoms with E-state index in [1.165, 1.54) is 19.5 Å². The van der Waals surface area contributed by atoms with Gasteiger partial charge in [-0.05, 0) is 68.9 Å². The number of alkyl halides is 3. The first kappa shape index (κ1) is 25.5. The van der Waals surface area contributed by atoms with Gasteiger partial charge in [-0.2, -0.15) is 18.3 Å². The molecular weight excluding hydrogens is 499 g/mol. The standard InChI is InChI=1S/C26H26F3N7O2/c1-35-9-7-16(8-10-35)36-25-21(23(30)32-13-33-25)22(34-36)14-3-5-17(20(12-14)38-2)18-11-15(24(31)37)4-6-19(18)26(27,28)29/h3-6,11-13,16H,7-10H2,1-2H3,(H2,31,37)(H2,30,32,33). The number of nitrogens with zero attached hydrogens (tertiary/aromatic N) is 5. The summed E-state index contributed by atoms with van der Waals surface area (Å²) in [6.45, 7) is 1.83. The van der Waals surface area contributed by atoms with Gasteiger partial charge in [-0.15, -0.1) is 0 Å². The zero-order valence-corrected chi connectivity index (χ0v) is 20.8. The van der Waals surface area contributed by atoms with Gasteiger partial charge in [0.15, 0.2) is 5.65 Å². The number of rotatable bonds is 5. The number of aromatic nitrogens is 4. The average molecular weight is 526 g/mol. The number of carbonyl (C=O) groups excluding carboxylic acids is 1. The molecule has 1 aliphatic heterocycles. The van der Waals surface area contributed by atoms with Crippen molar-refractivity contribution in [3.63, 3.8) is 0 Å². The van der Waals surface area contributed by atoms with Crippen molar-refractivity contribution in [3.05, 3.63) is 53.9 Å². The van der Waals surface area contributed by atoms with Crippen LogP contribution in [0.25, 0.3) is 33.4 Å². The highest BCUT2D eigenvalue weighted by molar-refractivity contribution is 5.99. The summed E-state index contributed by atoms with van der Waals surface area (Å²) in [5.41, 5.74) is 12.2. The van der Waals surface area contributed by atoms with Gasteiger partial charge in [-0.25, -0.2) is 14.6 Å². The predicted octanol–water partition coefficient (Wildman–Crippen LogP) is 4.14. The lowest BCUT2D eigenvalue weighted by Gasteiger charge is -2.29. The van der Waals surface area contributed by atoms with Crippen molar-refractivity contribution in [2.75, 3.05) is 33.0 Å². The van der Waals surface area contributed by atoms with Gasteiger partial charge in [0.2, 0.25) is 5.91 Å². The molecule has 2 aromatic carbocycles. The Hall–Kier alpha value is -4.19. The Morgan fingerprint density at radius 2 is 1.82 bits per heavy atom. The molecule has 198 valence electrons. The van der Waals surface area contributed by atoms with Crippen LogP contribution in [0.4, 0.5) is 19.0 Å². The van der Waals surface area contributed by atoms with Gasteiger partial charge in [0.05, 0.1) is 24.1 Å². The topological polar surface area (TPSA) is 125 Å². The van der Waals surface area contributed by atoms with E-state index in [2.05, 4.69) is 21.9 Å². The molecule has 0 saturated carbocycles. The minimum absolute atomic E-state index is 0.0492. The molecular formula is C26H26F3N7O2. The number of hydrogen-bond donors (Lipinski definition) is 2. The van der Waals surface area contributed by atoms with Crippen LogP contribution in [0.2, 0.25) is 0 Å². The van der Waals surface area contributed by atoms with Crippen molar-refractivity contribution in [1.29, 1.82) is 0 Å². The molecule has 1 saturated heterocycles. The third-order valence-electron chi connectivity index (χ3n) is 6.93. The summed E-state index contributed by atoms with van der Waals surface area (Å²) in [6, 6.07) is 7.88. The number of hydrogen-bond acceptors (Lipinski definition) is 7. The monoisotopic (exact) mass is 525 g/mol. The predicted molar refractivity (Wildman–Crippen MR) is 136 cm³/mol. The van der Waals surface area contributed by atoms with E-state index in [9.17, 15) is 18.0 Å². The molecule has 2 aromatic heterocycles. The Morgan fingerprint density at radius 3 is 2.47 bits per heavy atom. The van der Waals surface area contributed by atoms with Crippen LogP contribution in [-0.2, 0) is 6.18 Å². The second kappa shape index (κ2) is 9.60. The third kappa shape index (κ3) is 4.51. The first-order valence-electron chi connectivity index (χ1n) is 12.0. The molecule has 0 aliphatic carbocycles. The van der Waals surface area contributed by atoms with E-state index in [1.807, 2.05) is 4.68 Å². The van der Waals surface area contributed by atoms with Crippen LogP contribution in [0.15, 0.2) is 42.7 Å². The van der Waals surface area contributed by atoms with Gasteiger partial charge < -0.3 is 21.1 Å². The number of amides is 1. The number of benzene rings is 2. The molecule has 9 nitrogen and oxygen atoms in total. The number of nitrogens with two attached hydrogens (primary N) is 2. The number of likely N-dealkylation sites (tertiary alicyclic amines) is 1. The largest absolute Gasteiger partial charge is 0.496 e. The molecule has 1 aliphatic rings. The van der Waals surface area contributed by atoms with Crippen molar-refractivity contribution < 1.29 is 22.7 Å². The Balaban J connectivity index is 1.66. The smallest absolute Gasteiger partial charge is 0.417 e. The SMILES string of the molecule is COc1cc(-c2nn(C3CCN(C)CC3)c3ncnc(N)c23)ccc1-c1cc(C(N)=O)ccc1C(F)(F)F. The lowest BCUT2D eigenvalue weighted by molar-refractivity contribution is -0.137. The van der Waals surface area contributed by atoms with E-state index >= 15 is 0 Å². The maximum Gasteiger partial charge on any atom is 0.417 e. The number of ether oxygens (including phenoxy) is 1. The van der Waals surface area contributed by atoms with Gasteiger partial charge in [-0.3, -0.25) is 4.79 Å². The van der Waals surface area contributed by atoms with Crippen molar-refractivity contribution in [1.82, 2.24) is 24.6 Å². The summed E-state index contributed by atoms with van der Waals surface area (Å²) in [5, 5.41) is 5.42. The van der Waals surface area contributed by atoms with Crippen LogP contribution in [-0.4, -0.2) is 57.8 Å². The van der Waals surface area contributed by atoms with E-state index in [-0.39, 0.29) is 34.3 Å². The summed E-state index contributed by atoms with van der Waals surface area (Å²) < 4.78 is 49.0. The molecule has 0 spiro atoms. The zero-order chi connectivity index (χ0) is 27.2. The normalized spacial score (nSPS) is 15.2. The number of piperidine rings is 1. The van der Waals surface area contributed by atoms with Crippen LogP contribution in [0.1, 0.15) is 34.8 Å². The molecule has 5 rings (SSSR count). The molecule has 3 heterocycles. The second-order valence-electron chi connectivity index (χ2n) is 9.32. The maximum atomic E-state index is 13.9. The summed E-state index contributed by atoms with van der Waals surface area (Å²) in [5.74, 6) is -0.426. The van der Waals surface area contributed by atoms with Gasteiger partial charge in [0.25, 0.3) is 0 Å². The lowest BCUT2D eigenvalue weighted by Crippen LogP contribution is -2.31. The molecule has 4 aromatic rings. The van der Waals surface area contributed by atoms with Gasteiger partial charge >= 0.3 is 6.18 Å². The molecule has 0 radical (unpaired) electrons. The molecule has 0 unspecified atom stereocenters. The van der Waals surface area contributed by atoms with Crippen molar-refractivity contribution >= 4 is 22.8 Å². The quantitative estimate of drug-likeness (QED) is 0.401. The van der Waals surface area contributed by atoms with Crippen LogP contribution < -0.4 is 16.2 Å². The van der Waals surface area contributed by atoms with Gasteiger partial charge in [0, 0.05) is 16.7 Å². The van der Waals surface area contributed by atoms with Crippen LogP contribution in [0.3, 0.4) is 0 Å². The van der Waals surface area contributed by atoms with Crippen LogP contribution in [0.5, 0.6) is 5.75 Å². The van der Waals surface area contributed by atoms with E-state index in [0.717, 1.165) is 44.1 Å². The summed E-state index contributed by atoms with van der Waals surface area (Å²) in [7, 11) is 3.43. The van der Waals surface area contributed by atoms with E-state index in [1.54, 1.807) is 12.1 Å². The number of anilines is 1. The fourth-order valence-electron chi connectivity index (χ4n) is 4.92. The van der Waals surface area contributed by atoms with Gasteiger partial charge in [-0.1, -0.05) is 6.07 Å². The maximum absolute atomic E-state index is 13.9. The van der Waals surface area contributed by atoms with E-state index < -0.39 is 17.6 Å². The summed E-state index contributed by atoms with van der Waals surface area (Å²) >= 11 is 0. The minimum atomic E-state index is -4.66. The highest BCUT2D eigenvalue weighted by Gasteiger charge is 2.35.